The van der Waals surface area contributed by atoms with Crippen LogP contribution in [0, 0.1) is 13.8 Å². The molecule has 0 radical (unpaired) electrons. The average Bonchev–Trinajstić information content (AvgIpc) is 3.11. The standard InChI is InChI=1S/C21H19Cl2N9O3S/c1-11-18(30-29-16-10-15(8-9-17(16)33)36(34,35)24-3)12(2)32(31-11)14-6-4-13(5-7-14)25-21-27-19(22)26-20(23)28-21/h4-10,24,33H,1-3H3,(H,25,26,27,28). The van der Waals surface area contributed by atoms with Gasteiger partial charge in [0.2, 0.25) is 26.5 Å². The molecular weight excluding hydrogens is 529 g/mol. The first-order valence-electron chi connectivity index (χ1n) is 10.3. The van der Waals surface area contributed by atoms with Crippen LogP contribution in [0.5, 0.6) is 5.75 Å². The van der Waals surface area contributed by atoms with Crippen molar-refractivity contribution in [2.45, 2.75) is 18.7 Å². The van der Waals surface area contributed by atoms with Gasteiger partial charge in [0.1, 0.15) is 17.1 Å². The third-order valence-corrected chi connectivity index (χ3v) is 6.74. The number of aromatic nitrogens is 5. The molecule has 36 heavy (non-hydrogen) atoms. The molecule has 2 heterocycles. The number of aryl methyl sites for hydroxylation is 1. The number of hydrogen-bond acceptors (Lipinski definition) is 10. The first-order chi connectivity index (χ1) is 17.1. The molecule has 4 aromatic rings. The maximum absolute atomic E-state index is 12.1. The molecule has 12 nitrogen and oxygen atoms in total. The third kappa shape index (κ3) is 5.44. The van der Waals surface area contributed by atoms with Gasteiger partial charge in [-0.1, -0.05) is 0 Å². The molecule has 0 aliphatic heterocycles. The van der Waals surface area contributed by atoms with Gasteiger partial charge in [0.05, 0.1) is 22.0 Å². The van der Waals surface area contributed by atoms with E-state index in [-0.39, 0.29) is 32.8 Å². The van der Waals surface area contributed by atoms with E-state index in [0.717, 1.165) is 5.69 Å². The van der Waals surface area contributed by atoms with Crippen molar-refractivity contribution >= 4 is 56.2 Å². The van der Waals surface area contributed by atoms with Gasteiger partial charge in [0.15, 0.2) is 0 Å². The number of sulfonamides is 1. The summed E-state index contributed by atoms with van der Waals surface area (Å²) in [7, 11) is -2.41. The van der Waals surface area contributed by atoms with Crippen molar-refractivity contribution in [3.63, 3.8) is 0 Å². The molecule has 2 aromatic carbocycles. The zero-order valence-electron chi connectivity index (χ0n) is 19.1. The summed E-state index contributed by atoms with van der Waals surface area (Å²) in [6.07, 6.45) is 0. The van der Waals surface area contributed by atoms with Crippen LogP contribution >= 0.6 is 23.2 Å². The molecule has 0 fully saturated rings. The number of anilines is 2. The number of benzene rings is 2. The molecule has 2 aromatic heterocycles. The summed E-state index contributed by atoms with van der Waals surface area (Å²) in [6.45, 7) is 3.58. The van der Waals surface area contributed by atoms with Gasteiger partial charge in [-0.15, -0.1) is 10.2 Å². The molecule has 0 saturated heterocycles. The summed E-state index contributed by atoms with van der Waals surface area (Å²) in [5.74, 6) is -0.00302. The molecule has 4 rings (SSSR count). The van der Waals surface area contributed by atoms with Gasteiger partial charge in [-0.25, -0.2) is 17.8 Å². The van der Waals surface area contributed by atoms with Gasteiger partial charge in [0.25, 0.3) is 0 Å². The maximum atomic E-state index is 12.1. The number of hydrogen-bond donors (Lipinski definition) is 3. The van der Waals surface area contributed by atoms with Crippen LogP contribution in [0.3, 0.4) is 0 Å². The lowest BCUT2D eigenvalue weighted by atomic mass is 10.2. The largest absolute Gasteiger partial charge is 0.506 e. The third-order valence-electron chi connectivity index (χ3n) is 4.99. The Balaban J connectivity index is 1.59. The minimum atomic E-state index is -3.70. The second-order valence-corrected chi connectivity index (χ2v) is 9.92. The van der Waals surface area contributed by atoms with Gasteiger partial charge >= 0.3 is 0 Å². The van der Waals surface area contributed by atoms with Gasteiger partial charge in [-0.3, -0.25) is 0 Å². The van der Waals surface area contributed by atoms with E-state index in [9.17, 15) is 13.5 Å². The van der Waals surface area contributed by atoms with E-state index in [2.05, 4.69) is 40.3 Å². The van der Waals surface area contributed by atoms with E-state index >= 15 is 0 Å². The van der Waals surface area contributed by atoms with E-state index in [1.807, 2.05) is 19.1 Å². The first-order valence-corrected chi connectivity index (χ1v) is 12.5. The fraction of sp³-hybridized carbons (Fsp3) is 0.143. The molecule has 0 saturated carbocycles. The van der Waals surface area contributed by atoms with Crippen molar-refractivity contribution in [1.82, 2.24) is 29.5 Å². The molecule has 3 N–H and O–H groups in total. The number of phenols is 1. The fourth-order valence-electron chi connectivity index (χ4n) is 3.20. The topological polar surface area (TPSA) is 160 Å². The van der Waals surface area contributed by atoms with E-state index in [4.69, 9.17) is 23.2 Å². The molecule has 0 aliphatic carbocycles. The highest BCUT2D eigenvalue weighted by molar-refractivity contribution is 7.89. The summed E-state index contributed by atoms with van der Waals surface area (Å²) >= 11 is 11.6. The number of rotatable bonds is 7. The number of azo groups is 1. The van der Waals surface area contributed by atoms with E-state index in [1.54, 1.807) is 23.7 Å². The first kappa shape index (κ1) is 25.4. The Morgan fingerprint density at radius 2 is 1.64 bits per heavy atom. The van der Waals surface area contributed by atoms with E-state index < -0.39 is 10.0 Å². The minimum absolute atomic E-state index is 0.00633. The van der Waals surface area contributed by atoms with Crippen LogP contribution in [-0.4, -0.2) is 45.3 Å². The van der Waals surface area contributed by atoms with Crippen molar-refractivity contribution in [2.75, 3.05) is 12.4 Å². The second-order valence-electron chi connectivity index (χ2n) is 7.36. The fourth-order valence-corrected chi connectivity index (χ4v) is 4.31. The van der Waals surface area contributed by atoms with Gasteiger partial charge in [-0.2, -0.15) is 20.1 Å². The highest BCUT2D eigenvalue weighted by Gasteiger charge is 2.16. The Hall–Kier alpha value is -3.65. The Morgan fingerprint density at radius 1 is 0.972 bits per heavy atom. The molecule has 0 atom stereocenters. The number of aromatic hydroxyl groups is 1. The highest BCUT2D eigenvalue weighted by atomic mass is 35.5. The normalized spacial score (nSPS) is 11.8. The molecule has 186 valence electrons. The van der Waals surface area contributed by atoms with Crippen LogP contribution < -0.4 is 10.0 Å². The summed E-state index contributed by atoms with van der Waals surface area (Å²) < 4.78 is 28.0. The lowest BCUT2D eigenvalue weighted by Crippen LogP contribution is -2.18. The number of nitrogens with zero attached hydrogens (tertiary/aromatic N) is 7. The van der Waals surface area contributed by atoms with Crippen LogP contribution in [0.1, 0.15) is 11.4 Å². The van der Waals surface area contributed by atoms with Crippen molar-refractivity contribution in [3.05, 3.63) is 64.4 Å². The lowest BCUT2D eigenvalue weighted by Gasteiger charge is -2.08. The van der Waals surface area contributed by atoms with Crippen molar-refractivity contribution < 1.29 is 13.5 Å². The maximum Gasteiger partial charge on any atom is 0.240 e. The van der Waals surface area contributed by atoms with Crippen molar-refractivity contribution in [1.29, 1.82) is 0 Å². The molecule has 0 amide bonds. The predicted octanol–water partition coefficient (Wildman–Crippen LogP) is 4.75. The molecule has 15 heteroatoms. The Bertz CT molecular complexity index is 1550. The SMILES string of the molecule is CNS(=O)(=O)c1ccc(O)c(N=Nc2c(C)nn(-c3ccc(Nc4nc(Cl)nc(Cl)n4)cc3)c2C)c1. The van der Waals surface area contributed by atoms with Gasteiger partial charge in [-0.05, 0) is 86.6 Å². The van der Waals surface area contributed by atoms with Crippen LogP contribution in [0.4, 0.5) is 23.0 Å². The molecule has 0 aliphatic rings. The second kappa shape index (κ2) is 10.1. The highest BCUT2D eigenvalue weighted by Crippen LogP contribution is 2.33. The zero-order chi connectivity index (χ0) is 26.0. The van der Waals surface area contributed by atoms with Crippen molar-refractivity contribution in [2.24, 2.45) is 10.2 Å². The number of nitrogens with one attached hydrogen (secondary N) is 2. The van der Waals surface area contributed by atoms with E-state index in [1.165, 1.54) is 25.2 Å². The van der Waals surface area contributed by atoms with Crippen LogP contribution in [0.25, 0.3) is 5.69 Å². The Kier molecular flexibility index (Phi) is 7.17. The number of halogens is 2. The quantitative estimate of drug-likeness (QED) is 0.279. The molecule has 0 spiro atoms. The minimum Gasteiger partial charge on any atom is -0.506 e. The molecule has 0 bridgehead atoms. The summed E-state index contributed by atoms with van der Waals surface area (Å²) in [4.78, 5) is 11.6. The van der Waals surface area contributed by atoms with Crippen LogP contribution in [-0.2, 0) is 10.0 Å². The lowest BCUT2D eigenvalue weighted by molar-refractivity contribution is 0.476. The van der Waals surface area contributed by atoms with E-state index in [0.29, 0.717) is 22.8 Å². The van der Waals surface area contributed by atoms with Crippen molar-refractivity contribution in [3.8, 4) is 11.4 Å². The zero-order valence-corrected chi connectivity index (χ0v) is 21.4. The predicted molar refractivity (Wildman–Crippen MR) is 135 cm³/mol. The molecular formula is C21H19Cl2N9O3S. The van der Waals surface area contributed by atoms with Gasteiger partial charge in [0, 0.05) is 5.69 Å². The Labute approximate surface area is 216 Å². The smallest absolute Gasteiger partial charge is 0.240 e. The monoisotopic (exact) mass is 547 g/mol. The van der Waals surface area contributed by atoms with Crippen LogP contribution in [0.15, 0.2) is 57.6 Å². The number of phenolic OH excluding ortho intramolecular Hbond substituents is 1. The Morgan fingerprint density at radius 3 is 2.28 bits per heavy atom. The summed E-state index contributed by atoms with van der Waals surface area (Å²) in [6, 6.07) is 11.0. The molecule has 0 unspecified atom stereocenters. The average molecular weight is 548 g/mol. The summed E-state index contributed by atoms with van der Waals surface area (Å²) in [5.41, 5.74) is 3.20. The summed E-state index contributed by atoms with van der Waals surface area (Å²) in [5, 5.41) is 25.9. The van der Waals surface area contributed by atoms with Gasteiger partial charge < -0.3 is 10.4 Å². The van der Waals surface area contributed by atoms with Crippen LogP contribution in [0.2, 0.25) is 10.6 Å².